The quantitative estimate of drug-likeness (QED) is 0.798. The number of pyridine rings is 1. The van der Waals surface area contributed by atoms with E-state index < -0.39 is 0 Å². The predicted molar refractivity (Wildman–Crippen MR) is 67.6 cm³/mol. The number of nitrogens with one attached hydrogen (secondary N) is 2. The fourth-order valence-corrected chi connectivity index (χ4v) is 1.72. The van der Waals surface area contributed by atoms with Crippen LogP contribution >= 0.6 is 0 Å². The van der Waals surface area contributed by atoms with Crippen LogP contribution in [0.5, 0.6) is 0 Å². The third-order valence-electron chi connectivity index (χ3n) is 2.73. The lowest BCUT2D eigenvalue weighted by atomic mass is 10.2. The second-order valence-electron chi connectivity index (χ2n) is 4.94. The van der Waals surface area contributed by atoms with Gasteiger partial charge in [-0.3, -0.25) is 4.98 Å². The van der Waals surface area contributed by atoms with Gasteiger partial charge in [0.25, 0.3) is 0 Å². The van der Waals surface area contributed by atoms with Gasteiger partial charge in [0.2, 0.25) is 0 Å². The van der Waals surface area contributed by atoms with Crippen molar-refractivity contribution in [3.63, 3.8) is 0 Å². The van der Waals surface area contributed by atoms with Crippen molar-refractivity contribution < 1.29 is 0 Å². The molecule has 88 valence electrons. The second kappa shape index (κ2) is 4.83. The van der Waals surface area contributed by atoms with Gasteiger partial charge < -0.3 is 10.6 Å². The zero-order valence-corrected chi connectivity index (χ0v) is 10.4. The van der Waals surface area contributed by atoms with Crippen LogP contribution in [0.1, 0.15) is 37.9 Å². The summed E-state index contributed by atoms with van der Waals surface area (Å²) in [5.41, 5.74) is 3.56. The molecular formula is C13H21N3. The summed E-state index contributed by atoms with van der Waals surface area (Å²) >= 11 is 0. The summed E-state index contributed by atoms with van der Waals surface area (Å²) in [6.45, 7) is 7.28. The molecule has 1 aliphatic carbocycles. The number of hydrogen-bond acceptors (Lipinski definition) is 3. The molecule has 0 radical (unpaired) electrons. The van der Waals surface area contributed by atoms with E-state index in [2.05, 4.69) is 35.5 Å². The number of anilines is 1. The van der Waals surface area contributed by atoms with Crippen molar-refractivity contribution in [3.05, 3.63) is 23.5 Å². The minimum atomic E-state index is 0.460. The first-order valence-electron chi connectivity index (χ1n) is 6.10. The Morgan fingerprint density at radius 3 is 2.81 bits per heavy atom. The molecule has 0 aliphatic heterocycles. The van der Waals surface area contributed by atoms with Crippen LogP contribution in [-0.4, -0.2) is 17.1 Å². The summed E-state index contributed by atoms with van der Waals surface area (Å²) in [6.07, 6.45) is 4.63. The van der Waals surface area contributed by atoms with Gasteiger partial charge in [0.1, 0.15) is 0 Å². The van der Waals surface area contributed by atoms with Crippen molar-refractivity contribution in [2.75, 3.05) is 5.32 Å². The number of aryl methyl sites for hydroxylation is 1. The Bertz CT molecular complexity index is 356. The molecule has 1 aliphatic rings. The van der Waals surface area contributed by atoms with Gasteiger partial charge in [-0.05, 0) is 39.7 Å². The maximum atomic E-state index is 4.37. The van der Waals surface area contributed by atoms with Crippen LogP contribution in [0.3, 0.4) is 0 Å². The van der Waals surface area contributed by atoms with E-state index in [1.54, 1.807) is 0 Å². The molecule has 1 saturated carbocycles. The summed E-state index contributed by atoms with van der Waals surface area (Å²) in [5, 5.41) is 7.00. The van der Waals surface area contributed by atoms with Crippen LogP contribution < -0.4 is 10.6 Å². The van der Waals surface area contributed by atoms with Gasteiger partial charge >= 0.3 is 0 Å². The molecular weight excluding hydrogens is 198 g/mol. The maximum absolute atomic E-state index is 4.37. The Kier molecular flexibility index (Phi) is 3.44. The van der Waals surface area contributed by atoms with Crippen LogP contribution in [0.4, 0.5) is 5.69 Å². The highest BCUT2D eigenvalue weighted by molar-refractivity contribution is 5.51. The van der Waals surface area contributed by atoms with Gasteiger partial charge in [-0.1, -0.05) is 0 Å². The molecule has 0 amide bonds. The van der Waals surface area contributed by atoms with Gasteiger partial charge in [-0.15, -0.1) is 0 Å². The molecule has 2 N–H and O–H groups in total. The molecule has 0 unspecified atom stereocenters. The molecule has 3 nitrogen and oxygen atoms in total. The van der Waals surface area contributed by atoms with Gasteiger partial charge in [0.15, 0.2) is 0 Å². The van der Waals surface area contributed by atoms with E-state index in [1.807, 2.05) is 13.1 Å². The topological polar surface area (TPSA) is 37.0 Å². The Labute approximate surface area is 97.7 Å². The molecule has 2 rings (SSSR count). The minimum Gasteiger partial charge on any atom is -0.383 e. The molecule has 0 bridgehead atoms. The van der Waals surface area contributed by atoms with Crippen LogP contribution in [0.15, 0.2) is 12.3 Å². The Balaban J connectivity index is 2.06. The number of nitrogens with zero attached hydrogens (tertiary/aromatic N) is 1. The highest BCUT2D eigenvalue weighted by Crippen LogP contribution is 2.21. The maximum Gasteiger partial charge on any atom is 0.0421 e. The third-order valence-corrected chi connectivity index (χ3v) is 2.73. The average Bonchev–Trinajstić information content (AvgIpc) is 2.99. The van der Waals surface area contributed by atoms with Crippen molar-refractivity contribution in [1.29, 1.82) is 0 Å². The molecule has 0 saturated heterocycles. The summed E-state index contributed by atoms with van der Waals surface area (Å²) in [7, 11) is 0. The van der Waals surface area contributed by atoms with Crippen molar-refractivity contribution in [2.45, 2.75) is 52.2 Å². The minimum absolute atomic E-state index is 0.460. The zero-order valence-electron chi connectivity index (χ0n) is 10.4. The van der Waals surface area contributed by atoms with Crippen molar-refractivity contribution >= 4 is 5.69 Å². The first-order chi connectivity index (χ1) is 7.65. The Hall–Kier alpha value is -1.09. The number of aromatic nitrogens is 1. The summed E-state index contributed by atoms with van der Waals surface area (Å²) in [5.74, 6) is 0. The number of rotatable bonds is 5. The first kappa shape index (κ1) is 11.4. The smallest absolute Gasteiger partial charge is 0.0421 e. The second-order valence-corrected chi connectivity index (χ2v) is 4.94. The molecule has 1 fully saturated rings. The normalized spacial score (nSPS) is 15.5. The summed E-state index contributed by atoms with van der Waals surface area (Å²) in [6, 6.07) is 3.33. The highest BCUT2D eigenvalue weighted by Gasteiger charge is 2.20. The van der Waals surface area contributed by atoms with Gasteiger partial charge in [-0.25, -0.2) is 0 Å². The molecule has 0 aromatic carbocycles. The van der Waals surface area contributed by atoms with Crippen LogP contribution in [-0.2, 0) is 6.54 Å². The molecule has 0 spiro atoms. The van der Waals surface area contributed by atoms with Crippen molar-refractivity contribution in [1.82, 2.24) is 10.3 Å². The summed E-state index contributed by atoms with van der Waals surface area (Å²) in [4.78, 5) is 4.37. The molecule has 16 heavy (non-hydrogen) atoms. The van der Waals surface area contributed by atoms with E-state index in [1.165, 1.54) is 24.1 Å². The molecule has 3 heteroatoms. The molecule has 0 atom stereocenters. The van der Waals surface area contributed by atoms with E-state index in [0.717, 1.165) is 18.3 Å². The standard InChI is InChI=1S/C13H21N3/c1-9(2)16-13-6-10(3)14-7-11(13)8-15-12-4-5-12/h6-7,9,12,15H,4-5,8H2,1-3H3,(H,14,16). The summed E-state index contributed by atoms with van der Waals surface area (Å²) < 4.78 is 0. The van der Waals surface area contributed by atoms with Crippen LogP contribution in [0, 0.1) is 6.92 Å². The fraction of sp³-hybridized carbons (Fsp3) is 0.615. The lowest BCUT2D eigenvalue weighted by Gasteiger charge is -2.15. The van der Waals surface area contributed by atoms with E-state index in [4.69, 9.17) is 0 Å². The molecule has 1 heterocycles. The zero-order chi connectivity index (χ0) is 11.5. The Morgan fingerprint density at radius 1 is 1.44 bits per heavy atom. The lowest BCUT2D eigenvalue weighted by Crippen LogP contribution is -2.18. The lowest BCUT2D eigenvalue weighted by molar-refractivity contribution is 0.685. The van der Waals surface area contributed by atoms with Crippen LogP contribution in [0.25, 0.3) is 0 Å². The average molecular weight is 219 g/mol. The van der Waals surface area contributed by atoms with Gasteiger partial charge in [0.05, 0.1) is 0 Å². The predicted octanol–water partition coefficient (Wildman–Crippen LogP) is 2.46. The molecule has 1 aromatic heterocycles. The third kappa shape index (κ3) is 3.20. The van der Waals surface area contributed by atoms with Crippen molar-refractivity contribution in [2.24, 2.45) is 0 Å². The molecule has 1 aromatic rings. The van der Waals surface area contributed by atoms with E-state index >= 15 is 0 Å². The SMILES string of the molecule is Cc1cc(NC(C)C)c(CNC2CC2)cn1. The highest BCUT2D eigenvalue weighted by atomic mass is 15.0. The number of hydrogen-bond donors (Lipinski definition) is 2. The monoisotopic (exact) mass is 219 g/mol. The van der Waals surface area contributed by atoms with E-state index in [0.29, 0.717) is 6.04 Å². The van der Waals surface area contributed by atoms with E-state index in [9.17, 15) is 0 Å². The largest absolute Gasteiger partial charge is 0.383 e. The Morgan fingerprint density at radius 2 is 2.19 bits per heavy atom. The first-order valence-corrected chi connectivity index (χ1v) is 6.10. The van der Waals surface area contributed by atoms with Crippen LogP contribution in [0.2, 0.25) is 0 Å². The fourth-order valence-electron chi connectivity index (χ4n) is 1.72. The van der Waals surface area contributed by atoms with Gasteiger partial charge in [0, 0.05) is 41.8 Å². The van der Waals surface area contributed by atoms with Gasteiger partial charge in [-0.2, -0.15) is 0 Å². The van der Waals surface area contributed by atoms with E-state index in [-0.39, 0.29) is 0 Å². The van der Waals surface area contributed by atoms with Crippen molar-refractivity contribution in [3.8, 4) is 0 Å².